The number of hydrogen-bond acceptors (Lipinski definition) is 4. The van der Waals surface area contributed by atoms with Crippen LogP contribution in [0.3, 0.4) is 0 Å². The number of nitrogens with zero attached hydrogens (tertiary/aromatic N) is 1. The molecule has 1 aromatic rings. The van der Waals surface area contributed by atoms with Crippen molar-refractivity contribution in [3.8, 4) is 5.88 Å². The van der Waals surface area contributed by atoms with E-state index in [0.29, 0.717) is 18.2 Å². The van der Waals surface area contributed by atoms with Gasteiger partial charge in [0.05, 0.1) is 18.5 Å². The molecule has 0 bridgehead atoms. The largest absolute Gasteiger partial charge is 0.478 e. The summed E-state index contributed by atoms with van der Waals surface area (Å²) < 4.78 is 5.23. The van der Waals surface area contributed by atoms with Crippen LogP contribution in [0.2, 0.25) is 0 Å². The molecule has 1 unspecified atom stereocenters. The van der Waals surface area contributed by atoms with E-state index >= 15 is 0 Å². The smallest absolute Gasteiger partial charge is 0.225 e. The Kier molecular flexibility index (Phi) is 5.30. The highest BCUT2D eigenvalue weighted by Gasteiger charge is 2.23. The maximum Gasteiger partial charge on any atom is 0.225 e. The van der Waals surface area contributed by atoms with Crippen molar-refractivity contribution in [3.05, 3.63) is 18.3 Å². The number of aromatic nitrogens is 1. The topological polar surface area (TPSA) is 77.2 Å². The normalized spacial score (nSPS) is 12.9. The Balaban J connectivity index is 2.53. The van der Waals surface area contributed by atoms with Crippen LogP contribution < -0.4 is 15.8 Å². The lowest BCUT2D eigenvalue weighted by Crippen LogP contribution is -2.38. The number of hydrogen-bond donors (Lipinski definition) is 2. The van der Waals surface area contributed by atoms with Crippen molar-refractivity contribution in [2.75, 3.05) is 11.9 Å². The maximum atomic E-state index is 11.8. The van der Waals surface area contributed by atoms with Gasteiger partial charge >= 0.3 is 0 Å². The summed E-state index contributed by atoms with van der Waals surface area (Å²) in [5, 5.41) is 2.78. The molecule has 19 heavy (non-hydrogen) atoms. The van der Waals surface area contributed by atoms with Gasteiger partial charge in [-0.15, -0.1) is 0 Å². The van der Waals surface area contributed by atoms with E-state index in [1.54, 1.807) is 18.3 Å². The first-order valence-corrected chi connectivity index (χ1v) is 6.47. The van der Waals surface area contributed by atoms with Gasteiger partial charge in [0.25, 0.3) is 0 Å². The Morgan fingerprint density at radius 2 is 2.16 bits per heavy atom. The van der Waals surface area contributed by atoms with Crippen molar-refractivity contribution in [2.45, 2.75) is 40.2 Å². The summed E-state index contributed by atoms with van der Waals surface area (Å²) in [6, 6.07) is 3.31. The predicted octanol–water partition coefficient (Wildman–Crippen LogP) is 2.18. The van der Waals surface area contributed by atoms with Gasteiger partial charge in [-0.2, -0.15) is 0 Å². The lowest BCUT2D eigenvalue weighted by atomic mass is 9.85. The second-order valence-corrected chi connectivity index (χ2v) is 5.54. The number of nitrogens with one attached hydrogen (secondary N) is 1. The lowest BCUT2D eigenvalue weighted by Gasteiger charge is -2.26. The molecule has 0 saturated carbocycles. The van der Waals surface area contributed by atoms with Crippen LogP contribution in [0.5, 0.6) is 5.88 Å². The van der Waals surface area contributed by atoms with Crippen LogP contribution in [0.15, 0.2) is 18.3 Å². The molecule has 0 saturated heterocycles. The van der Waals surface area contributed by atoms with Crippen LogP contribution in [-0.4, -0.2) is 23.5 Å². The molecule has 1 aromatic heterocycles. The fourth-order valence-electron chi connectivity index (χ4n) is 1.41. The third-order valence-corrected chi connectivity index (χ3v) is 2.83. The number of carbonyl (C=O) groups is 1. The molecule has 1 amide bonds. The van der Waals surface area contributed by atoms with Gasteiger partial charge < -0.3 is 15.8 Å². The average Bonchev–Trinajstić information content (AvgIpc) is 2.30. The van der Waals surface area contributed by atoms with E-state index in [4.69, 9.17) is 10.5 Å². The van der Waals surface area contributed by atoms with Crippen molar-refractivity contribution >= 4 is 11.6 Å². The summed E-state index contributed by atoms with van der Waals surface area (Å²) in [5.74, 6) is 0.445. The van der Waals surface area contributed by atoms with Gasteiger partial charge in [0.15, 0.2) is 0 Å². The minimum Gasteiger partial charge on any atom is -0.478 e. The standard InChI is InChI=1S/C14H23N3O2/c1-5-19-13-7-6-10(9-16-13)17-12(18)8-11(15)14(2,3)4/h6-7,9,11H,5,8,15H2,1-4H3,(H,17,18). The van der Waals surface area contributed by atoms with Crippen LogP contribution in [0.4, 0.5) is 5.69 Å². The zero-order chi connectivity index (χ0) is 14.5. The fraction of sp³-hybridized carbons (Fsp3) is 0.571. The van der Waals surface area contributed by atoms with Crippen molar-refractivity contribution in [1.82, 2.24) is 4.98 Å². The third kappa shape index (κ3) is 5.26. The Bertz CT molecular complexity index is 410. The number of rotatable bonds is 5. The zero-order valence-electron chi connectivity index (χ0n) is 12.1. The molecule has 1 heterocycles. The molecule has 5 heteroatoms. The van der Waals surface area contributed by atoms with Gasteiger partial charge in [0.2, 0.25) is 11.8 Å². The minimum absolute atomic E-state index is 0.0889. The van der Waals surface area contributed by atoms with E-state index in [2.05, 4.69) is 10.3 Å². The van der Waals surface area contributed by atoms with Crippen molar-refractivity contribution in [3.63, 3.8) is 0 Å². The number of amides is 1. The first kappa shape index (κ1) is 15.4. The number of nitrogens with two attached hydrogens (primary N) is 1. The van der Waals surface area contributed by atoms with Crippen LogP contribution in [0.1, 0.15) is 34.1 Å². The van der Waals surface area contributed by atoms with Crippen molar-refractivity contribution in [2.24, 2.45) is 11.1 Å². The highest BCUT2D eigenvalue weighted by atomic mass is 16.5. The van der Waals surface area contributed by atoms with E-state index in [9.17, 15) is 4.79 Å². The van der Waals surface area contributed by atoms with E-state index in [1.807, 2.05) is 27.7 Å². The summed E-state index contributed by atoms with van der Waals surface area (Å²) in [6.07, 6.45) is 1.86. The highest BCUT2D eigenvalue weighted by molar-refractivity contribution is 5.90. The molecule has 0 aliphatic heterocycles. The first-order valence-electron chi connectivity index (χ1n) is 6.47. The Labute approximate surface area is 114 Å². The Hall–Kier alpha value is -1.62. The lowest BCUT2D eigenvalue weighted by molar-refractivity contribution is -0.117. The van der Waals surface area contributed by atoms with Gasteiger partial charge in [0, 0.05) is 18.5 Å². The summed E-state index contributed by atoms with van der Waals surface area (Å²) in [7, 11) is 0. The number of ether oxygens (including phenoxy) is 1. The number of carbonyl (C=O) groups excluding carboxylic acids is 1. The first-order chi connectivity index (χ1) is 8.82. The summed E-state index contributed by atoms with van der Waals surface area (Å²) in [4.78, 5) is 15.9. The van der Waals surface area contributed by atoms with Crippen LogP contribution in [0.25, 0.3) is 0 Å². The van der Waals surface area contributed by atoms with Gasteiger partial charge in [-0.05, 0) is 18.4 Å². The van der Waals surface area contributed by atoms with Gasteiger partial charge in [-0.25, -0.2) is 4.98 Å². The predicted molar refractivity (Wildman–Crippen MR) is 76.1 cm³/mol. The van der Waals surface area contributed by atoms with Crippen LogP contribution in [0, 0.1) is 5.41 Å². The number of pyridine rings is 1. The summed E-state index contributed by atoms with van der Waals surface area (Å²) in [5.41, 5.74) is 6.53. The number of anilines is 1. The van der Waals surface area contributed by atoms with Gasteiger partial charge in [-0.1, -0.05) is 20.8 Å². The summed E-state index contributed by atoms with van der Waals surface area (Å²) in [6.45, 7) is 8.51. The van der Waals surface area contributed by atoms with Crippen molar-refractivity contribution < 1.29 is 9.53 Å². The van der Waals surface area contributed by atoms with Gasteiger partial charge in [-0.3, -0.25) is 4.79 Å². The molecule has 106 valence electrons. The Morgan fingerprint density at radius 1 is 1.47 bits per heavy atom. The molecular formula is C14H23N3O2. The van der Waals surface area contributed by atoms with Crippen LogP contribution in [-0.2, 0) is 4.79 Å². The molecule has 1 atom stereocenters. The second kappa shape index (κ2) is 6.52. The van der Waals surface area contributed by atoms with Gasteiger partial charge in [0.1, 0.15) is 0 Å². The average molecular weight is 265 g/mol. The van der Waals surface area contributed by atoms with E-state index in [1.165, 1.54) is 0 Å². The third-order valence-electron chi connectivity index (χ3n) is 2.83. The molecule has 0 aliphatic carbocycles. The zero-order valence-corrected chi connectivity index (χ0v) is 12.1. The Morgan fingerprint density at radius 3 is 2.63 bits per heavy atom. The minimum atomic E-state index is -0.178. The fourth-order valence-corrected chi connectivity index (χ4v) is 1.41. The van der Waals surface area contributed by atoms with E-state index in [-0.39, 0.29) is 23.8 Å². The monoisotopic (exact) mass is 265 g/mol. The SMILES string of the molecule is CCOc1ccc(NC(=O)CC(N)C(C)(C)C)cn1. The molecule has 1 rings (SSSR count). The molecule has 0 fully saturated rings. The van der Waals surface area contributed by atoms with E-state index in [0.717, 1.165) is 0 Å². The van der Waals surface area contributed by atoms with Crippen molar-refractivity contribution in [1.29, 1.82) is 0 Å². The molecule has 3 N–H and O–H groups in total. The maximum absolute atomic E-state index is 11.8. The quantitative estimate of drug-likeness (QED) is 0.855. The molecule has 0 radical (unpaired) electrons. The van der Waals surface area contributed by atoms with Crippen LogP contribution >= 0.6 is 0 Å². The van der Waals surface area contributed by atoms with E-state index < -0.39 is 0 Å². The highest BCUT2D eigenvalue weighted by Crippen LogP contribution is 2.20. The molecule has 0 aromatic carbocycles. The second-order valence-electron chi connectivity index (χ2n) is 5.54. The molecule has 5 nitrogen and oxygen atoms in total. The molecule has 0 spiro atoms. The molecule has 0 aliphatic rings. The summed E-state index contributed by atoms with van der Waals surface area (Å²) >= 11 is 0. The molecular weight excluding hydrogens is 242 g/mol.